The van der Waals surface area contributed by atoms with Crippen LogP contribution in [0.25, 0.3) is 0 Å². The van der Waals surface area contributed by atoms with E-state index in [0.717, 1.165) is 12.8 Å². The first-order chi connectivity index (χ1) is 8.84. The third kappa shape index (κ3) is 7.32. The fraction of sp³-hybridized carbons (Fsp3) is 0.923. The topological polar surface area (TPSA) is 64.0 Å². The molecule has 0 heterocycles. The van der Waals surface area contributed by atoms with Crippen LogP contribution >= 0.6 is 10.3 Å². The van der Waals surface area contributed by atoms with Gasteiger partial charge in [-0.3, -0.25) is 8.42 Å². The highest BCUT2D eigenvalue weighted by Gasteiger charge is 2.35. The molecule has 0 amide bonds. The molecule has 4 nitrogen and oxygen atoms in total. The maximum atomic E-state index is 12.0. The quantitative estimate of drug-likeness (QED) is 0.434. The van der Waals surface area contributed by atoms with Gasteiger partial charge in [-0.1, -0.05) is 34.1 Å². The number of rotatable bonds is 11. The summed E-state index contributed by atoms with van der Waals surface area (Å²) in [6.07, 6.45) is 2.81. The van der Waals surface area contributed by atoms with Gasteiger partial charge in [-0.2, -0.15) is 8.42 Å². The molecule has 0 bridgehead atoms. The van der Waals surface area contributed by atoms with Gasteiger partial charge in [0.05, 0.1) is 5.75 Å². The Morgan fingerprint density at radius 3 is 2.00 bits per heavy atom. The molecule has 0 aliphatic rings. The Bertz CT molecular complexity index is 359. The summed E-state index contributed by atoms with van der Waals surface area (Å²) in [4.78, 5) is 11.8. The van der Waals surface area contributed by atoms with Crippen molar-refractivity contribution in [1.82, 2.24) is 0 Å². The molecule has 0 aromatic carbocycles. The molecule has 0 atom stereocenters. The van der Waals surface area contributed by atoms with Crippen LogP contribution in [0.2, 0.25) is 0 Å². The first-order valence-electron chi connectivity index (χ1n) is 7.09. The lowest BCUT2D eigenvalue weighted by atomic mass is 10.3. The van der Waals surface area contributed by atoms with E-state index in [-0.39, 0.29) is 11.5 Å². The third-order valence-electron chi connectivity index (χ3n) is 3.06. The highest BCUT2D eigenvalue weighted by molar-refractivity contribution is 8.32. The van der Waals surface area contributed by atoms with Gasteiger partial charge in [-0.15, -0.1) is 0 Å². The van der Waals surface area contributed by atoms with E-state index in [1.54, 1.807) is 0 Å². The molecule has 0 radical (unpaired) electrons. The molecule has 0 unspecified atom stereocenters. The minimum Gasteiger partial charge on any atom is -0.299 e. The number of hydrogen-bond donors (Lipinski definition) is 0. The van der Waals surface area contributed by atoms with Gasteiger partial charge in [0, 0.05) is 17.9 Å². The maximum Gasteiger partial charge on any atom is 0.390 e. The summed E-state index contributed by atoms with van der Waals surface area (Å²) >= 11 is 0. The average molecular weight is 314 g/mol. The molecule has 0 aromatic rings. The van der Waals surface area contributed by atoms with E-state index >= 15 is 0 Å². The summed E-state index contributed by atoms with van der Waals surface area (Å²) in [7, 11) is -5.07. The lowest BCUT2D eigenvalue weighted by molar-refractivity contribution is -0.116. The van der Waals surface area contributed by atoms with Gasteiger partial charge >= 0.3 is 10.1 Å². The number of carbonyl (C=O) groups is 1. The Hall–Kier alpha value is -0.0700. The smallest absolute Gasteiger partial charge is 0.299 e. The SMILES string of the molecule is CCCCS(=O)(=O)[OH+]S(CC)(CC)CC(=O)CCC. The van der Waals surface area contributed by atoms with Crippen LogP contribution < -0.4 is 0 Å². The molecular formula is C13H29O4S2+. The van der Waals surface area contributed by atoms with Gasteiger partial charge in [0.1, 0.15) is 11.5 Å². The van der Waals surface area contributed by atoms with Crippen molar-refractivity contribution in [2.45, 2.75) is 53.4 Å². The van der Waals surface area contributed by atoms with Gasteiger partial charge in [0.2, 0.25) is 0 Å². The molecule has 0 saturated carbocycles. The lowest BCUT2D eigenvalue weighted by Gasteiger charge is -2.31. The van der Waals surface area contributed by atoms with E-state index in [4.69, 9.17) is 0 Å². The van der Waals surface area contributed by atoms with Crippen LogP contribution in [0.4, 0.5) is 0 Å². The minimum absolute atomic E-state index is 0.111. The second-order valence-corrected chi connectivity index (χ2v) is 10.3. The summed E-state index contributed by atoms with van der Waals surface area (Å²) in [5, 5.41) is 0. The van der Waals surface area contributed by atoms with Crippen molar-refractivity contribution in [2.24, 2.45) is 0 Å². The Labute approximate surface area is 119 Å². The molecule has 0 fully saturated rings. The Balaban J connectivity index is 4.83. The van der Waals surface area contributed by atoms with Crippen molar-refractivity contribution in [3.8, 4) is 0 Å². The van der Waals surface area contributed by atoms with Gasteiger partial charge in [-0.25, -0.2) is 0 Å². The zero-order chi connectivity index (χ0) is 14.9. The number of carbonyl (C=O) groups excluding carboxylic acids is 1. The normalized spacial score (nSPS) is 13.5. The monoisotopic (exact) mass is 313 g/mol. The van der Waals surface area contributed by atoms with Crippen LogP contribution in [0.15, 0.2) is 0 Å². The molecule has 0 saturated heterocycles. The molecule has 6 heteroatoms. The standard InChI is InChI=1S/C13H28O4S2/c1-5-9-11-19(15,16)17-18(7-3,8-4)12-13(14)10-6-2/h5-12H2,1-4H3/p+1. The summed E-state index contributed by atoms with van der Waals surface area (Å²) in [6.45, 7) is 7.80. The number of hydrogen-bond acceptors (Lipinski definition) is 3. The molecule has 0 spiro atoms. The summed E-state index contributed by atoms with van der Waals surface area (Å²) < 4.78 is 28.2. The summed E-state index contributed by atoms with van der Waals surface area (Å²) in [6, 6.07) is 0. The van der Waals surface area contributed by atoms with Crippen LogP contribution in [-0.4, -0.2) is 40.8 Å². The van der Waals surface area contributed by atoms with E-state index in [1.807, 2.05) is 27.7 Å². The van der Waals surface area contributed by atoms with Gasteiger partial charge in [-0.05, 0) is 23.2 Å². The second-order valence-electron chi connectivity index (χ2n) is 4.72. The largest absolute Gasteiger partial charge is 0.390 e. The second kappa shape index (κ2) is 8.97. The van der Waals surface area contributed by atoms with Crippen molar-refractivity contribution in [1.29, 1.82) is 0 Å². The van der Waals surface area contributed by atoms with Crippen molar-refractivity contribution < 1.29 is 16.8 Å². The van der Waals surface area contributed by atoms with Gasteiger partial charge < -0.3 is 0 Å². The number of ketones is 1. The molecule has 0 rings (SSSR count). The highest BCUT2D eigenvalue weighted by atomic mass is 32.3. The zero-order valence-corrected chi connectivity index (χ0v) is 14.3. The van der Waals surface area contributed by atoms with Gasteiger partial charge in [0.15, 0.2) is 0 Å². The fourth-order valence-corrected chi connectivity index (χ4v) is 7.29. The maximum absolute atomic E-state index is 12.0. The highest BCUT2D eigenvalue weighted by Crippen LogP contribution is 2.47. The first kappa shape index (κ1) is 18.9. The van der Waals surface area contributed by atoms with E-state index in [2.05, 4.69) is 3.63 Å². The predicted molar refractivity (Wildman–Crippen MR) is 84.8 cm³/mol. The average Bonchev–Trinajstić information content (AvgIpc) is 2.35. The molecular weight excluding hydrogens is 284 g/mol. The van der Waals surface area contributed by atoms with E-state index in [9.17, 15) is 13.2 Å². The Morgan fingerprint density at radius 2 is 1.58 bits per heavy atom. The number of unbranched alkanes of at least 4 members (excludes halogenated alkanes) is 1. The van der Waals surface area contributed by atoms with Crippen LogP contribution in [-0.2, 0) is 14.9 Å². The molecule has 1 N–H and O–H groups in total. The van der Waals surface area contributed by atoms with Crippen LogP contribution in [0.5, 0.6) is 0 Å². The molecule has 0 aromatic heterocycles. The molecule has 0 aliphatic heterocycles. The minimum atomic E-state index is -3.38. The van der Waals surface area contributed by atoms with Crippen molar-refractivity contribution >= 4 is 26.2 Å². The van der Waals surface area contributed by atoms with Crippen LogP contribution in [0.3, 0.4) is 0 Å². The lowest BCUT2D eigenvalue weighted by Crippen LogP contribution is -2.27. The van der Waals surface area contributed by atoms with E-state index in [1.165, 1.54) is 0 Å². The third-order valence-corrected chi connectivity index (χ3v) is 9.05. The van der Waals surface area contributed by atoms with Crippen molar-refractivity contribution in [2.75, 3.05) is 23.0 Å². The first-order valence-corrected chi connectivity index (χ1v) is 10.8. The van der Waals surface area contributed by atoms with E-state index < -0.39 is 20.4 Å². The Kier molecular flexibility index (Phi) is 8.94. The fourth-order valence-electron chi connectivity index (χ4n) is 1.80. The van der Waals surface area contributed by atoms with Crippen LogP contribution in [0, 0.1) is 0 Å². The number of Topliss-reactive ketones (excluding diaryl/α,β-unsaturated/α-hetero) is 1. The molecule has 116 valence electrons. The predicted octanol–water partition coefficient (Wildman–Crippen LogP) is 3.34. The van der Waals surface area contributed by atoms with Crippen molar-refractivity contribution in [3.05, 3.63) is 0 Å². The summed E-state index contributed by atoms with van der Waals surface area (Å²) in [5.41, 5.74) is 0. The van der Waals surface area contributed by atoms with Gasteiger partial charge in [0.25, 0.3) is 0 Å². The van der Waals surface area contributed by atoms with E-state index in [0.29, 0.717) is 30.1 Å². The molecule has 19 heavy (non-hydrogen) atoms. The summed E-state index contributed by atoms with van der Waals surface area (Å²) in [5.74, 6) is 1.93. The molecule has 0 aliphatic carbocycles. The van der Waals surface area contributed by atoms with Crippen molar-refractivity contribution in [3.63, 3.8) is 0 Å². The Morgan fingerprint density at radius 1 is 1.00 bits per heavy atom. The zero-order valence-electron chi connectivity index (χ0n) is 12.6. The van der Waals surface area contributed by atoms with Crippen LogP contribution in [0.1, 0.15) is 53.4 Å².